The molecule has 178 valence electrons. The number of nitrogens with one attached hydrogen (secondary N) is 1. The van der Waals surface area contributed by atoms with Crippen molar-refractivity contribution in [2.75, 3.05) is 13.2 Å². The molecule has 2 amide bonds. The zero-order valence-corrected chi connectivity index (χ0v) is 19.7. The molecule has 0 bridgehead atoms. The van der Waals surface area contributed by atoms with Crippen molar-refractivity contribution in [2.24, 2.45) is 0 Å². The van der Waals surface area contributed by atoms with Crippen LogP contribution in [0.25, 0.3) is 0 Å². The van der Waals surface area contributed by atoms with Gasteiger partial charge in [0.2, 0.25) is 5.91 Å². The molecule has 1 atom stereocenters. The number of rotatable bonds is 11. The van der Waals surface area contributed by atoms with E-state index in [1.54, 1.807) is 12.1 Å². The van der Waals surface area contributed by atoms with Gasteiger partial charge in [-0.2, -0.15) is 0 Å². The van der Waals surface area contributed by atoms with Crippen LogP contribution in [0.4, 0.5) is 4.39 Å². The van der Waals surface area contributed by atoms with Crippen molar-refractivity contribution < 1.29 is 18.7 Å². The van der Waals surface area contributed by atoms with Crippen molar-refractivity contribution in [3.05, 3.63) is 101 Å². The first kappa shape index (κ1) is 25.0. The third-order valence-corrected chi connectivity index (χ3v) is 5.53. The Kier molecular flexibility index (Phi) is 9.21. The molecule has 0 saturated carbocycles. The van der Waals surface area contributed by atoms with Gasteiger partial charge in [0, 0.05) is 19.5 Å². The topological polar surface area (TPSA) is 58.6 Å². The molecule has 1 N–H and O–H groups in total. The molecule has 6 heteroatoms. The Hall–Kier alpha value is -3.67. The standard InChI is InChI=1S/C28H31FN2O3/c1-3-17-30-28(33)25(18-22-10-5-4-6-11-22)31(19-23-13-15-24(29)16-14-23)27(32)20-34-26-12-8-7-9-21(26)2/h4-16,25H,3,17-20H2,1-2H3,(H,30,33)/t25-/m1/s1. The highest BCUT2D eigenvalue weighted by Gasteiger charge is 2.30. The van der Waals surface area contributed by atoms with Gasteiger partial charge in [0.05, 0.1) is 0 Å². The maximum Gasteiger partial charge on any atom is 0.261 e. The van der Waals surface area contributed by atoms with Crippen LogP contribution in [0.15, 0.2) is 78.9 Å². The molecule has 5 nitrogen and oxygen atoms in total. The van der Waals surface area contributed by atoms with Crippen LogP contribution in [-0.2, 0) is 22.6 Å². The Labute approximate surface area is 200 Å². The molecule has 0 spiro atoms. The number of halogens is 1. The van der Waals surface area contributed by atoms with Crippen LogP contribution in [0, 0.1) is 12.7 Å². The lowest BCUT2D eigenvalue weighted by Gasteiger charge is -2.31. The molecule has 0 aliphatic heterocycles. The number of aryl methyl sites for hydroxylation is 1. The van der Waals surface area contributed by atoms with Gasteiger partial charge in [0.15, 0.2) is 6.61 Å². The van der Waals surface area contributed by atoms with Crippen molar-refractivity contribution in [1.82, 2.24) is 10.2 Å². The molecular formula is C28H31FN2O3. The summed E-state index contributed by atoms with van der Waals surface area (Å²) in [7, 11) is 0. The highest BCUT2D eigenvalue weighted by atomic mass is 19.1. The van der Waals surface area contributed by atoms with Gasteiger partial charge >= 0.3 is 0 Å². The van der Waals surface area contributed by atoms with Gasteiger partial charge in [0.1, 0.15) is 17.6 Å². The monoisotopic (exact) mass is 462 g/mol. The van der Waals surface area contributed by atoms with Crippen molar-refractivity contribution in [1.29, 1.82) is 0 Å². The third-order valence-electron chi connectivity index (χ3n) is 5.53. The molecule has 0 heterocycles. The predicted molar refractivity (Wildman–Crippen MR) is 131 cm³/mol. The second-order valence-electron chi connectivity index (χ2n) is 8.20. The number of carbonyl (C=O) groups excluding carboxylic acids is 2. The number of hydrogen-bond donors (Lipinski definition) is 1. The first-order valence-corrected chi connectivity index (χ1v) is 11.5. The number of para-hydroxylation sites is 1. The van der Waals surface area contributed by atoms with Crippen LogP contribution in [-0.4, -0.2) is 35.9 Å². The van der Waals surface area contributed by atoms with Crippen LogP contribution >= 0.6 is 0 Å². The van der Waals surface area contributed by atoms with Crippen LogP contribution in [0.3, 0.4) is 0 Å². The molecule has 3 rings (SSSR count). The predicted octanol–water partition coefficient (Wildman–Crippen LogP) is 4.68. The van der Waals surface area contributed by atoms with Gasteiger partial charge in [-0.1, -0.05) is 67.6 Å². The van der Waals surface area contributed by atoms with E-state index >= 15 is 0 Å². The summed E-state index contributed by atoms with van der Waals surface area (Å²) in [5.41, 5.74) is 2.59. The van der Waals surface area contributed by atoms with E-state index in [-0.39, 0.29) is 30.8 Å². The Balaban J connectivity index is 1.89. The smallest absolute Gasteiger partial charge is 0.261 e. The van der Waals surface area contributed by atoms with E-state index < -0.39 is 6.04 Å². The minimum absolute atomic E-state index is 0.160. The normalized spacial score (nSPS) is 11.5. The number of ether oxygens (including phenoxy) is 1. The van der Waals surface area contributed by atoms with E-state index in [2.05, 4.69) is 5.32 Å². The molecule has 0 unspecified atom stereocenters. The minimum Gasteiger partial charge on any atom is -0.484 e. The summed E-state index contributed by atoms with van der Waals surface area (Å²) >= 11 is 0. The number of amides is 2. The lowest BCUT2D eigenvalue weighted by atomic mass is 10.0. The van der Waals surface area contributed by atoms with Crippen LogP contribution in [0.2, 0.25) is 0 Å². The van der Waals surface area contributed by atoms with Gasteiger partial charge in [-0.15, -0.1) is 0 Å². The van der Waals surface area contributed by atoms with Gasteiger partial charge in [-0.3, -0.25) is 9.59 Å². The maximum atomic E-state index is 13.5. The average Bonchev–Trinajstić information content (AvgIpc) is 2.85. The average molecular weight is 463 g/mol. The second kappa shape index (κ2) is 12.5. The van der Waals surface area contributed by atoms with E-state index in [1.165, 1.54) is 17.0 Å². The van der Waals surface area contributed by atoms with Crippen molar-refractivity contribution in [3.8, 4) is 5.75 Å². The molecule has 0 saturated heterocycles. The van der Waals surface area contributed by atoms with Gasteiger partial charge in [0.25, 0.3) is 5.91 Å². The molecule has 0 radical (unpaired) electrons. The third kappa shape index (κ3) is 7.17. The minimum atomic E-state index is -0.744. The van der Waals surface area contributed by atoms with E-state index in [0.717, 1.165) is 23.1 Å². The number of benzene rings is 3. The van der Waals surface area contributed by atoms with E-state index in [0.29, 0.717) is 18.7 Å². The number of carbonyl (C=O) groups is 2. The summed E-state index contributed by atoms with van der Waals surface area (Å²) in [6.45, 7) is 4.35. The number of hydrogen-bond acceptors (Lipinski definition) is 3. The Morgan fingerprint density at radius 2 is 1.62 bits per heavy atom. The van der Waals surface area contributed by atoms with Crippen molar-refractivity contribution >= 4 is 11.8 Å². The fourth-order valence-corrected chi connectivity index (χ4v) is 3.65. The summed E-state index contributed by atoms with van der Waals surface area (Å²) < 4.78 is 19.3. The Morgan fingerprint density at radius 1 is 0.941 bits per heavy atom. The Morgan fingerprint density at radius 3 is 2.29 bits per heavy atom. The summed E-state index contributed by atoms with van der Waals surface area (Å²) in [6.07, 6.45) is 1.14. The molecular weight excluding hydrogens is 431 g/mol. The fraction of sp³-hybridized carbons (Fsp3) is 0.286. The molecule has 0 aliphatic rings. The second-order valence-corrected chi connectivity index (χ2v) is 8.20. The lowest BCUT2D eigenvalue weighted by molar-refractivity contribution is -0.142. The summed E-state index contributed by atoms with van der Waals surface area (Å²) in [5.74, 6) is -0.282. The first-order valence-electron chi connectivity index (χ1n) is 11.5. The highest BCUT2D eigenvalue weighted by molar-refractivity contribution is 5.88. The molecule has 3 aromatic carbocycles. The summed E-state index contributed by atoms with van der Waals surface area (Å²) in [5, 5.41) is 2.93. The molecule has 0 fully saturated rings. The van der Waals surface area contributed by atoms with Crippen LogP contribution in [0.1, 0.15) is 30.0 Å². The SMILES string of the molecule is CCCNC(=O)[C@@H](Cc1ccccc1)N(Cc1ccc(F)cc1)C(=O)COc1ccccc1C. The van der Waals surface area contributed by atoms with Gasteiger partial charge < -0.3 is 15.0 Å². The van der Waals surface area contributed by atoms with E-state index in [4.69, 9.17) is 4.74 Å². The molecule has 0 aliphatic carbocycles. The molecule has 34 heavy (non-hydrogen) atoms. The van der Waals surface area contributed by atoms with Gasteiger partial charge in [-0.25, -0.2) is 4.39 Å². The van der Waals surface area contributed by atoms with E-state index in [9.17, 15) is 14.0 Å². The van der Waals surface area contributed by atoms with E-state index in [1.807, 2.05) is 68.4 Å². The van der Waals surface area contributed by atoms with Crippen LogP contribution < -0.4 is 10.1 Å². The first-order chi connectivity index (χ1) is 16.5. The van der Waals surface area contributed by atoms with Crippen molar-refractivity contribution in [3.63, 3.8) is 0 Å². The molecule has 0 aromatic heterocycles. The zero-order chi connectivity index (χ0) is 24.3. The molecule has 3 aromatic rings. The quantitative estimate of drug-likeness (QED) is 0.450. The number of nitrogens with zero attached hydrogens (tertiary/aromatic N) is 1. The highest BCUT2D eigenvalue weighted by Crippen LogP contribution is 2.19. The van der Waals surface area contributed by atoms with Crippen molar-refractivity contribution in [2.45, 2.75) is 39.3 Å². The summed E-state index contributed by atoms with van der Waals surface area (Å²) in [6, 6.07) is 22.3. The maximum absolute atomic E-state index is 13.5. The Bertz CT molecular complexity index is 1070. The fourth-order valence-electron chi connectivity index (χ4n) is 3.65. The van der Waals surface area contributed by atoms with Gasteiger partial charge in [-0.05, 0) is 48.2 Å². The summed E-state index contributed by atoms with van der Waals surface area (Å²) in [4.78, 5) is 28.2. The largest absolute Gasteiger partial charge is 0.484 e. The van der Waals surface area contributed by atoms with Crippen LogP contribution in [0.5, 0.6) is 5.75 Å². The lowest BCUT2D eigenvalue weighted by Crippen LogP contribution is -2.51. The zero-order valence-electron chi connectivity index (χ0n) is 19.7.